The van der Waals surface area contributed by atoms with Gasteiger partial charge in [0.05, 0.1) is 7.85 Å². The van der Waals surface area contributed by atoms with Gasteiger partial charge in [-0.2, -0.15) is 0 Å². The Morgan fingerprint density at radius 1 is 1.45 bits per heavy atom. The molecule has 0 heterocycles. The Morgan fingerprint density at radius 2 is 2.27 bits per heavy atom. The van der Waals surface area contributed by atoms with Crippen molar-refractivity contribution < 1.29 is 0 Å². The fourth-order valence-electron chi connectivity index (χ4n) is 1.02. The van der Waals surface area contributed by atoms with Gasteiger partial charge in [0.2, 0.25) is 0 Å². The highest BCUT2D eigenvalue weighted by molar-refractivity contribution is 6.10. The van der Waals surface area contributed by atoms with Gasteiger partial charge in [-0.15, -0.1) is 0 Å². The van der Waals surface area contributed by atoms with E-state index in [4.69, 9.17) is 7.85 Å². The van der Waals surface area contributed by atoms with Gasteiger partial charge in [0.1, 0.15) is 0 Å². The van der Waals surface area contributed by atoms with Crippen molar-refractivity contribution in [3.8, 4) is 0 Å². The highest BCUT2D eigenvalue weighted by Crippen LogP contribution is 2.09. The summed E-state index contributed by atoms with van der Waals surface area (Å²) in [5, 5.41) is 3.06. The summed E-state index contributed by atoms with van der Waals surface area (Å²) >= 11 is 0. The van der Waals surface area contributed by atoms with Gasteiger partial charge < -0.3 is 5.32 Å². The van der Waals surface area contributed by atoms with E-state index < -0.39 is 0 Å². The van der Waals surface area contributed by atoms with E-state index >= 15 is 0 Å². The monoisotopic (exact) mass is 145 g/mol. The lowest BCUT2D eigenvalue weighted by Crippen LogP contribution is -2.00. The molecule has 0 fully saturated rings. The van der Waals surface area contributed by atoms with Gasteiger partial charge in [-0.05, 0) is 30.6 Å². The van der Waals surface area contributed by atoms with Gasteiger partial charge in [-0.25, -0.2) is 0 Å². The molecule has 0 spiro atoms. The second-order valence-corrected chi connectivity index (χ2v) is 2.43. The molecular weight excluding hydrogens is 133 g/mol. The minimum Gasteiger partial charge on any atom is -0.394 e. The molecule has 2 heteroatoms. The van der Waals surface area contributed by atoms with Crippen LogP contribution in [0, 0.1) is 0 Å². The largest absolute Gasteiger partial charge is 0.394 e. The summed E-state index contributed by atoms with van der Waals surface area (Å²) in [4.78, 5) is 0. The molecule has 0 aliphatic rings. The summed E-state index contributed by atoms with van der Waals surface area (Å²) < 4.78 is 0. The van der Waals surface area contributed by atoms with Crippen LogP contribution in [-0.4, -0.2) is 14.3 Å². The number of benzene rings is 1. The van der Waals surface area contributed by atoms with Crippen molar-refractivity contribution in [3.63, 3.8) is 0 Å². The number of hydrogen-bond donors (Lipinski definition) is 1. The molecule has 2 radical (unpaired) electrons. The molecule has 0 aliphatic heterocycles. The first kappa shape index (κ1) is 8.18. The average molecular weight is 145 g/mol. The van der Waals surface area contributed by atoms with Crippen molar-refractivity contribution >= 4 is 13.5 Å². The third-order valence-corrected chi connectivity index (χ3v) is 1.64. The first-order valence-corrected chi connectivity index (χ1v) is 3.89. The number of aryl methyl sites for hydroxylation is 1. The topological polar surface area (TPSA) is 12.0 Å². The second kappa shape index (κ2) is 4.07. The second-order valence-electron chi connectivity index (χ2n) is 2.43. The van der Waals surface area contributed by atoms with Gasteiger partial charge in [0.15, 0.2) is 0 Å². The number of nitrogens with one attached hydrogen (secondary N) is 1. The van der Waals surface area contributed by atoms with Crippen LogP contribution in [0.1, 0.15) is 12.5 Å². The summed E-state index contributed by atoms with van der Waals surface area (Å²) in [6, 6.07) is 8.29. The third-order valence-electron chi connectivity index (χ3n) is 1.64. The van der Waals surface area contributed by atoms with E-state index in [0.29, 0.717) is 6.44 Å². The van der Waals surface area contributed by atoms with E-state index in [-0.39, 0.29) is 0 Å². The Labute approximate surface area is 69.2 Å². The van der Waals surface area contributed by atoms with Crippen LogP contribution in [0.2, 0.25) is 0 Å². The molecule has 0 aromatic heterocycles. The van der Waals surface area contributed by atoms with Gasteiger partial charge in [0.25, 0.3) is 0 Å². The van der Waals surface area contributed by atoms with E-state index in [1.165, 1.54) is 5.56 Å². The molecule has 1 N–H and O–H groups in total. The number of anilines is 1. The zero-order chi connectivity index (χ0) is 8.10. The van der Waals surface area contributed by atoms with Crippen LogP contribution >= 0.6 is 0 Å². The Balaban J connectivity index is 2.74. The van der Waals surface area contributed by atoms with Crippen molar-refractivity contribution in [2.24, 2.45) is 0 Å². The molecular formula is C9H12BN. The summed E-state index contributed by atoms with van der Waals surface area (Å²) in [6.45, 7) is 2.14. The molecule has 0 atom stereocenters. The van der Waals surface area contributed by atoms with Crippen LogP contribution < -0.4 is 5.32 Å². The third kappa shape index (κ3) is 2.30. The molecule has 0 saturated heterocycles. The van der Waals surface area contributed by atoms with Crippen LogP contribution in [0.25, 0.3) is 0 Å². The molecule has 0 saturated carbocycles. The Hall–Kier alpha value is -0.915. The van der Waals surface area contributed by atoms with Crippen molar-refractivity contribution in [2.45, 2.75) is 13.3 Å². The van der Waals surface area contributed by atoms with Crippen LogP contribution in [0.5, 0.6) is 0 Å². The molecule has 0 unspecified atom stereocenters. The molecule has 56 valence electrons. The SMILES string of the molecule is [B]CNc1cccc(CC)c1. The Morgan fingerprint density at radius 3 is 2.91 bits per heavy atom. The highest BCUT2D eigenvalue weighted by atomic mass is 14.8. The highest BCUT2D eigenvalue weighted by Gasteiger charge is 1.90. The smallest absolute Gasteiger partial charge is 0.0939 e. The van der Waals surface area contributed by atoms with E-state index in [1.54, 1.807) is 0 Å². The molecule has 0 amide bonds. The van der Waals surface area contributed by atoms with Crippen molar-refractivity contribution in [1.82, 2.24) is 0 Å². The van der Waals surface area contributed by atoms with Crippen molar-refractivity contribution in [3.05, 3.63) is 29.8 Å². The van der Waals surface area contributed by atoms with Gasteiger partial charge in [-0.1, -0.05) is 19.1 Å². The summed E-state index contributed by atoms with van der Waals surface area (Å²) in [7, 11) is 5.34. The van der Waals surface area contributed by atoms with Gasteiger partial charge in [-0.3, -0.25) is 0 Å². The van der Waals surface area contributed by atoms with Crippen LogP contribution in [-0.2, 0) is 6.42 Å². The maximum atomic E-state index is 5.34. The fraction of sp³-hybridized carbons (Fsp3) is 0.333. The summed E-state index contributed by atoms with van der Waals surface area (Å²) in [5.41, 5.74) is 2.44. The quantitative estimate of drug-likeness (QED) is 0.639. The fourth-order valence-corrected chi connectivity index (χ4v) is 1.02. The van der Waals surface area contributed by atoms with Crippen LogP contribution in [0.4, 0.5) is 5.69 Å². The Bertz CT molecular complexity index is 223. The summed E-state index contributed by atoms with van der Waals surface area (Å²) in [5.74, 6) is 0. The molecule has 1 aromatic rings. The van der Waals surface area contributed by atoms with Gasteiger partial charge in [0, 0.05) is 5.69 Å². The zero-order valence-corrected chi connectivity index (χ0v) is 6.80. The predicted molar refractivity (Wildman–Crippen MR) is 50.1 cm³/mol. The molecule has 11 heavy (non-hydrogen) atoms. The van der Waals surface area contributed by atoms with Crippen LogP contribution in [0.3, 0.4) is 0 Å². The normalized spacial score (nSPS) is 9.55. The van der Waals surface area contributed by atoms with E-state index in [2.05, 4.69) is 24.4 Å². The molecule has 1 rings (SSSR count). The lowest BCUT2D eigenvalue weighted by molar-refractivity contribution is 1.14. The lowest BCUT2D eigenvalue weighted by atomic mass is 10.1. The molecule has 1 aromatic carbocycles. The van der Waals surface area contributed by atoms with Crippen LogP contribution in [0.15, 0.2) is 24.3 Å². The lowest BCUT2D eigenvalue weighted by Gasteiger charge is -2.04. The number of rotatable bonds is 3. The number of hydrogen-bond acceptors (Lipinski definition) is 1. The standard InChI is InChI=1S/C9H12BN/c1-2-8-4-3-5-9(6-8)11-7-10/h3-6,11H,2,7H2,1H3. The predicted octanol–water partition coefficient (Wildman–Crippen LogP) is 1.79. The van der Waals surface area contributed by atoms with Crippen molar-refractivity contribution in [2.75, 3.05) is 11.8 Å². The van der Waals surface area contributed by atoms with E-state index in [0.717, 1.165) is 12.1 Å². The maximum absolute atomic E-state index is 5.34. The zero-order valence-electron chi connectivity index (χ0n) is 6.80. The van der Waals surface area contributed by atoms with E-state index in [1.807, 2.05) is 12.1 Å². The average Bonchev–Trinajstić information content (AvgIpc) is 2.06. The molecule has 1 nitrogen and oxygen atoms in total. The molecule has 0 bridgehead atoms. The Kier molecular flexibility index (Phi) is 3.03. The van der Waals surface area contributed by atoms with Gasteiger partial charge >= 0.3 is 0 Å². The minimum atomic E-state index is 0.493. The first-order valence-electron chi connectivity index (χ1n) is 3.89. The minimum absolute atomic E-state index is 0.493. The van der Waals surface area contributed by atoms with E-state index in [9.17, 15) is 0 Å². The first-order chi connectivity index (χ1) is 5.36. The molecule has 0 aliphatic carbocycles. The van der Waals surface area contributed by atoms with Crippen molar-refractivity contribution in [1.29, 1.82) is 0 Å². The summed E-state index contributed by atoms with van der Waals surface area (Å²) in [6.07, 6.45) is 1.56. The maximum Gasteiger partial charge on any atom is 0.0939 e.